The molecule has 0 aliphatic carbocycles. The number of rotatable bonds is 5. The molecule has 0 fully saturated rings. The molecule has 0 aliphatic heterocycles. The van der Waals surface area contributed by atoms with Crippen molar-refractivity contribution in [2.45, 2.75) is 13.2 Å². The normalized spacial score (nSPS) is 12.8. The molecule has 18 heavy (non-hydrogen) atoms. The highest BCUT2D eigenvalue weighted by atomic mass is 32.2. The van der Waals surface area contributed by atoms with E-state index >= 15 is 0 Å². The Hall–Kier alpha value is -1.62. The van der Waals surface area contributed by atoms with E-state index in [9.17, 15) is 13.5 Å². The average Bonchev–Trinajstić information content (AvgIpc) is 2.22. The molecule has 0 aromatic heterocycles. The maximum absolute atomic E-state index is 11.0. The monoisotopic (exact) mass is 270 g/mol. The van der Waals surface area contributed by atoms with Crippen LogP contribution in [0.3, 0.4) is 0 Å². The summed E-state index contributed by atoms with van der Waals surface area (Å²) in [6.45, 7) is 1.73. The number of nitrogens with zero attached hydrogens (tertiary/aromatic N) is 1. The van der Waals surface area contributed by atoms with E-state index in [4.69, 9.17) is 9.44 Å². The maximum atomic E-state index is 11.0. The maximum Gasteiger partial charge on any atom is 0.306 e. The molecule has 0 bridgehead atoms. The van der Waals surface area contributed by atoms with E-state index in [0.717, 1.165) is 11.8 Å². The molecule has 0 aliphatic rings. The fourth-order valence-electron chi connectivity index (χ4n) is 1.42. The molecule has 1 atom stereocenters. The van der Waals surface area contributed by atoms with E-state index in [1.807, 2.05) is 6.07 Å². The highest BCUT2D eigenvalue weighted by molar-refractivity contribution is 7.86. The second kappa shape index (κ2) is 5.82. The zero-order valence-electron chi connectivity index (χ0n) is 10.0. The molecule has 0 amide bonds. The molecule has 1 unspecified atom stereocenters. The Bertz CT molecular complexity index is 563. The zero-order chi connectivity index (χ0) is 13.8. The number of aryl methyl sites for hydroxylation is 1. The summed E-state index contributed by atoms with van der Waals surface area (Å²) < 4.78 is 26.8. The molecule has 0 saturated carbocycles. The van der Waals surface area contributed by atoms with Gasteiger partial charge in [-0.2, -0.15) is 13.7 Å². The molecule has 0 spiro atoms. The summed E-state index contributed by atoms with van der Waals surface area (Å²) in [6.07, 6.45) is -0.106. The minimum Gasteiger partial charge on any atom is -0.383 e. The first-order chi connectivity index (χ1) is 8.31. The first-order valence-corrected chi connectivity index (χ1v) is 6.93. The fraction of sp³-hybridized carbons (Fsp3) is 0.364. The number of aliphatic hydroxyl groups is 1. The summed E-state index contributed by atoms with van der Waals surface area (Å²) in [4.78, 5) is 0. The number of nitrogens with one attached hydrogen (secondary N) is 1. The summed E-state index contributed by atoms with van der Waals surface area (Å²) in [7, 11) is -3.61. The van der Waals surface area contributed by atoms with Gasteiger partial charge in [0.25, 0.3) is 0 Å². The van der Waals surface area contributed by atoms with Crippen molar-refractivity contribution in [1.29, 1.82) is 5.26 Å². The van der Waals surface area contributed by atoms with E-state index < -0.39 is 16.3 Å². The Morgan fingerprint density at radius 1 is 1.50 bits per heavy atom. The van der Waals surface area contributed by atoms with Crippen molar-refractivity contribution in [2.24, 2.45) is 0 Å². The minimum absolute atomic E-state index is 0.0165. The van der Waals surface area contributed by atoms with Gasteiger partial charge in [0.2, 0.25) is 0 Å². The van der Waals surface area contributed by atoms with E-state index in [2.05, 4.69) is 5.32 Å². The van der Waals surface area contributed by atoms with Crippen LogP contribution in [0.15, 0.2) is 18.2 Å². The minimum atomic E-state index is -3.61. The predicted molar refractivity (Wildman–Crippen MR) is 65.2 cm³/mol. The van der Waals surface area contributed by atoms with Gasteiger partial charge in [-0.25, -0.2) is 0 Å². The molecule has 0 heterocycles. The van der Waals surface area contributed by atoms with Gasteiger partial charge >= 0.3 is 10.1 Å². The summed E-state index contributed by atoms with van der Waals surface area (Å²) in [5, 5.41) is 20.7. The molecule has 1 rings (SSSR count). The zero-order valence-corrected chi connectivity index (χ0v) is 10.9. The van der Waals surface area contributed by atoms with E-state index in [-0.39, 0.29) is 12.3 Å². The second-order valence-electron chi connectivity index (χ2n) is 3.81. The lowest BCUT2D eigenvalue weighted by molar-refractivity contribution is 0.144. The Morgan fingerprint density at radius 2 is 2.17 bits per heavy atom. The third-order valence-corrected chi connectivity index (χ3v) is 2.51. The molecular formula is C11H14N2O4S. The van der Waals surface area contributed by atoms with Crippen LogP contribution in [0.4, 0.5) is 0 Å². The number of hydrogen-bond donors (Lipinski definition) is 2. The van der Waals surface area contributed by atoms with Crippen molar-refractivity contribution in [3.63, 3.8) is 0 Å². The van der Waals surface area contributed by atoms with E-state index in [1.165, 1.54) is 6.07 Å². The summed E-state index contributed by atoms with van der Waals surface area (Å²) >= 11 is 0. The molecule has 2 N–H and O–H groups in total. The van der Waals surface area contributed by atoms with Crippen LogP contribution in [0.1, 0.15) is 17.4 Å². The highest BCUT2D eigenvalue weighted by Gasteiger charge is 2.11. The molecule has 1 aromatic carbocycles. The molecular weight excluding hydrogens is 256 g/mol. The van der Waals surface area contributed by atoms with E-state index in [1.54, 1.807) is 19.1 Å². The van der Waals surface area contributed by atoms with Crippen LogP contribution in [0.5, 0.6) is 5.75 Å². The first-order valence-electron chi connectivity index (χ1n) is 5.11. The van der Waals surface area contributed by atoms with Gasteiger partial charge in [0, 0.05) is 0 Å². The fourth-order valence-corrected chi connectivity index (χ4v) is 1.86. The Labute approximate surface area is 106 Å². The van der Waals surface area contributed by atoms with E-state index in [0.29, 0.717) is 5.56 Å². The number of nitriles is 1. The van der Waals surface area contributed by atoms with Crippen LogP contribution in [-0.4, -0.2) is 26.3 Å². The topological polar surface area (TPSA) is 99.4 Å². The smallest absolute Gasteiger partial charge is 0.306 e. The molecule has 6 nitrogen and oxygen atoms in total. The number of aliphatic hydroxyl groups excluding tert-OH is 1. The average molecular weight is 270 g/mol. The number of hydrogen-bond acceptors (Lipinski definition) is 6. The molecule has 0 radical (unpaired) electrons. The van der Waals surface area contributed by atoms with Crippen LogP contribution in [-0.2, 0) is 10.1 Å². The van der Waals surface area contributed by atoms with Crippen molar-refractivity contribution in [3.05, 3.63) is 29.3 Å². The molecule has 1 aromatic rings. The van der Waals surface area contributed by atoms with Gasteiger partial charge in [-0.3, -0.25) is 5.32 Å². The Morgan fingerprint density at radius 3 is 2.72 bits per heavy atom. The third kappa shape index (κ3) is 4.71. The van der Waals surface area contributed by atoms with Crippen molar-refractivity contribution >= 4 is 10.1 Å². The van der Waals surface area contributed by atoms with Gasteiger partial charge in [0.15, 0.2) is 0 Å². The second-order valence-corrected chi connectivity index (χ2v) is 5.38. The van der Waals surface area contributed by atoms with Crippen LogP contribution in [0, 0.1) is 18.3 Å². The van der Waals surface area contributed by atoms with Crippen LogP contribution in [0.2, 0.25) is 0 Å². The van der Waals surface area contributed by atoms with Crippen molar-refractivity contribution in [3.8, 4) is 11.8 Å². The van der Waals surface area contributed by atoms with Crippen LogP contribution >= 0.6 is 0 Å². The van der Waals surface area contributed by atoms with Gasteiger partial charge in [-0.1, -0.05) is 6.07 Å². The SMILES string of the molecule is Cc1cc(OS(C)(=O)=O)cc(C(O)NCC#N)c1. The predicted octanol–water partition coefficient (Wildman–Crippen LogP) is 0.438. The van der Waals surface area contributed by atoms with Gasteiger partial charge < -0.3 is 9.29 Å². The lowest BCUT2D eigenvalue weighted by Gasteiger charge is -2.13. The Kier molecular flexibility index (Phi) is 4.67. The van der Waals surface area contributed by atoms with Crippen molar-refractivity contribution < 1.29 is 17.7 Å². The summed E-state index contributed by atoms with van der Waals surface area (Å²) in [5.41, 5.74) is 1.17. The molecule has 0 saturated heterocycles. The quantitative estimate of drug-likeness (QED) is 0.457. The first kappa shape index (κ1) is 14.4. The van der Waals surface area contributed by atoms with Crippen molar-refractivity contribution in [1.82, 2.24) is 5.32 Å². The Balaban J connectivity index is 2.97. The van der Waals surface area contributed by atoms with Gasteiger partial charge in [0.1, 0.15) is 12.0 Å². The lowest BCUT2D eigenvalue weighted by Crippen LogP contribution is -2.21. The largest absolute Gasteiger partial charge is 0.383 e. The van der Waals surface area contributed by atoms with Gasteiger partial charge in [-0.15, -0.1) is 0 Å². The highest BCUT2D eigenvalue weighted by Crippen LogP contribution is 2.21. The summed E-state index contributed by atoms with van der Waals surface area (Å²) in [5.74, 6) is 0.130. The van der Waals surface area contributed by atoms with Crippen LogP contribution in [0.25, 0.3) is 0 Å². The van der Waals surface area contributed by atoms with Gasteiger partial charge in [0.05, 0.1) is 18.9 Å². The van der Waals surface area contributed by atoms with Crippen LogP contribution < -0.4 is 9.50 Å². The lowest BCUT2D eigenvalue weighted by atomic mass is 10.1. The molecule has 98 valence electrons. The van der Waals surface area contributed by atoms with Crippen molar-refractivity contribution in [2.75, 3.05) is 12.8 Å². The molecule has 7 heteroatoms. The number of benzene rings is 1. The third-order valence-electron chi connectivity index (χ3n) is 2.01. The van der Waals surface area contributed by atoms with Gasteiger partial charge in [-0.05, 0) is 30.2 Å². The standard InChI is InChI=1S/C11H14N2O4S/c1-8-5-9(11(14)13-4-3-12)7-10(6-8)17-18(2,15)16/h5-7,11,13-14H,4H2,1-2H3. The summed E-state index contributed by atoms with van der Waals surface area (Å²) in [6, 6.07) is 6.46.